The predicted molar refractivity (Wildman–Crippen MR) is 216 cm³/mol. The van der Waals surface area contributed by atoms with Crippen molar-refractivity contribution >= 4 is 45.9 Å². The summed E-state index contributed by atoms with van der Waals surface area (Å²) in [6, 6.07) is 81.8. The first kappa shape index (κ1) is 31.1. The van der Waals surface area contributed by atoms with Crippen LogP contribution in [0.25, 0.3) is 22.3 Å². The van der Waals surface area contributed by atoms with Crippen molar-refractivity contribution in [1.29, 1.82) is 0 Å². The highest BCUT2D eigenvalue weighted by Crippen LogP contribution is 2.41. The molecule has 8 aromatic rings. The van der Waals surface area contributed by atoms with Crippen LogP contribution in [0.3, 0.4) is 0 Å². The second-order valence-electron chi connectivity index (χ2n) is 12.5. The van der Waals surface area contributed by atoms with E-state index >= 15 is 0 Å². The van der Waals surface area contributed by atoms with E-state index in [1.165, 1.54) is 43.0 Å². The fourth-order valence-electron chi connectivity index (χ4n) is 7.33. The molecule has 0 bridgehead atoms. The van der Waals surface area contributed by atoms with E-state index < -0.39 is 8.07 Å². The summed E-state index contributed by atoms with van der Waals surface area (Å²) in [5.74, 6) is 0. The molecule has 0 fully saturated rings. The zero-order valence-corrected chi connectivity index (χ0v) is 28.8. The van der Waals surface area contributed by atoms with E-state index in [2.05, 4.69) is 229 Å². The van der Waals surface area contributed by atoms with Crippen molar-refractivity contribution < 1.29 is 0 Å². The van der Waals surface area contributed by atoms with Gasteiger partial charge in [-0.15, -0.1) is 0 Å². The second kappa shape index (κ2) is 14.1. The summed E-state index contributed by atoms with van der Waals surface area (Å²) in [5, 5.41) is 5.41. The van der Waals surface area contributed by atoms with Crippen molar-refractivity contribution in [2.45, 2.75) is 0 Å². The molecule has 0 aromatic heterocycles. The second-order valence-corrected chi connectivity index (χ2v) is 16.3. The highest BCUT2D eigenvalue weighted by Gasteiger charge is 2.41. The van der Waals surface area contributed by atoms with Gasteiger partial charge >= 0.3 is 0 Å². The molecule has 0 heterocycles. The maximum atomic E-state index is 2.45. The van der Waals surface area contributed by atoms with Crippen molar-refractivity contribution in [2.75, 3.05) is 4.90 Å². The quantitative estimate of drug-likeness (QED) is 0.111. The third kappa shape index (κ3) is 5.87. The zero-order chi connectivity index (χ0) is 33.6. The van der Waals surface area contributed by atoms with Crippen LogP contribution in [0.1, 0.15) is 0 Å². The summed E-state index contributed by atoms with van der Waals surface area (Å²) in [7, 11) is -2.74. The van der Waals surface area contributed by atoms with E-state index in [-0.39, 0.29) is 0 Å². The van der Waals surface area contributed by atoms with Gasteiger partial charge in [0.15, 0.2) is 8.07 Å². The van der Waals surface area contributed by atoms with Crippen LogP contribution in [0.15, 0.2) is 224 Å². The van der Waals surface area contributed by atoms with Crippen molar-refractivity contribution in [1.82, 2.24) is 0 Å². The lowest BCUT2D eigenvalue weighted by atomic mass is 10.0. The van der Waals surface area contributed by atoms with Crippen molar-refractivity contribution in [2.24, 2.45) is 0 Å². The van der Waals surface area contributed by atoms with Crippen molar-refractivity contribution in [3.05, 3.63) is 224 Å². The van der Waals surface area contributed by atoms with Gasteiger partial charge in [0.05, 0.1) is 5.69 Å². The van der Waals surface area contributed by atoms with Crippen molar-refractivity contribution in [3.63, 3.8) is 0 Å². The first-order valence-electron chi connectivity index (χ1n) is 17.2. The Morgan fingerprint density at radius 1 is 0.280 bits per heavy atom. The number of nitrogens with zero attached hydrogens (tertiary/aromatic N) is 1. The molecule has 50 heavy (non-hydrogen) atoms. The minimum Gasteiger partial charge on any atom is -0.310 e. The normalized spacial score (nSPS) is 11.2. The Morgan fingerprint density at radius 2 is 0.700 bits per heavy atom. The van der Waals surface area contributed by atoms with E-state index in [0.29, 0.717) is 0 Å². The number of benzene rings is 8. The Balaban J connectivity index is 1.38. The number of para-hydroxylation sites is 1. The lowest BCUT2D eigenvalue weighted by Crippen LogP contribution is -2.74. The summed E-state index contributed by atoms with van der Waals surface area (Å²) in [6.45, 7) is 0. The maximum absolute atomic E-state index is 2.74. The molecule has 0 aliphatic heterocycles. The Morgan fingerprint density at radius 3 is 1.24 bits per heavy atom. The molecule has 0 aliphatic rings. The molecule has 2 heteroatoms. The molecule has 0 spiro atoms. The number of rotatable bonds is 9. The molecule has 0 N–H and O–H groups in total. The molecular formula is C48H37NSi. The van der Waals surface area contributed by atoms with Crippen LogP contribution < -0.4 is 25.6 Å². The highest BCUT2D eigenvalue weighted by atomic mass is 28.3. The third-order valence-corrected chi connectivity index (χ3v) is 14.4. The fraction of sp³-hybridized carbons (Fsp3) is 0. The summed E-state index contributed by atoms with van der Waals surface area (Å²) < 4.78 is 0. The van der Waals surface area contributed by atoms with Gasteiger partial charge in [-0.05, 0) is 67.8 Å². The van der Waals surface area contributed by atoms with Gasteiger partial charge in [0.25, 0.3) is 0 Å². The van der Waals surface area contributed by atoms with Crippen LogP contribution >= 0.6 is 0 Å². The Kier molecular flexibility index (Phi) is 8.76. The number of anilines is 3. The summed E-state index contributed by atoms with van der Waals surface area (Å²) >= 11 is 0. The molecule has 0 saturated carbocycles. The van der Waals surface area contributed by atoms with E-state index in [4.69, 9.17) is 0 Å². The Bertz CT molecular complexity index is 2190. The van der Waals surface area contributed by atoms with Crippen LogP contribution in [-0.2, 0) is 0 Å². The molecule has 238 valence electrons. The number of hydrogen-bond donors (Lipinski definition) is 0. The van der Waals surface area contributed by atoms with Gasteiger partial charge in [-0.1, -0.05) is 194 Å². The fourth-order valence-corrected chi connectivity index (χ4v) is 12.1. The molecule has 0 aliphatic carbocycles. The summed E-state index contributed by atoms with van der Waals surface area (Å²) in [6.07, 6.45) is 0. The number of hydrogen-bond acceptors (Lipinski definition) is 1. The van der Waals surface area contributed by atoms with Gasteiger partial charge in [0, 0.05) is 16.9 Å². The van der Waals surface area contributed by atoms with Gasteiger partial charge in [0.2, 0.25) is 0 Å². The van der Waals surface area contributed by atoms with E-state index in [9.17, 15) is 0 Å². The summed E-state index contributed by atoms with van der Waals surface area (Å²) in [4.78, 5) is 2.43. The van der Waals surface area contributed by atoms with Gasteiger partial charge < -0.3 is 4.90 Å². The van der Waals surface area contributed by atoms with Crippen molar-refractivity contribution in [3.8, 4) is 22.3 Å². The lowest BCUT2D eigenvalue weighted by Gasteiger charge is -2.35. The van der Waals surface area contributed by atoms with Crippen LogP contribution in [-0.4, -0.2) is 8.07 Å². The first-order valence-corrected chi connectivity index (χ1v) is 19.2. The zero-order valence-electron chi connectivity index (χ0n) is 27.8. The molecule has 0 unspecified atom stereocenters. The third-order valence-electron chi connectivity index (χ3n) is 9.62. The topological polar surface area (TPSA) is 3.24 Å². The molecule has 0 atom stereocenters. The van der Waals surface area contributed by atoms with Crippen LogP contribution in [0.5, 0.6) is 0 Å². The van der Waals surface area contributed by atoms with Gasteiger partial charge in [-0.2, -0.15) is 0 Å². The van der Waals surface area contributed by atoms with Crippen LogP contribution in [0, 0.1) is 0 Å². The smallest absolute Gasteiger partial charge is 0.179 e. The average Bonchev–Trinajstić information content (AvgIpc) is 3.21. The van der Waals surface area contributed by atoms with Crippen LogP contribution in [0.4, 0.5) is 17.1 Å². The molecule has 8 rings (SSSR count). The SMILES string of the molecule is c1ccc(-c2ccc(N(c3cccc([Si](c4ccccc4)(c4ccccc4)c4ccccc4)c3)c3ccccc3-c3ccccc3)cc2)cc1. The molecule has 1 nitrogen and oxygen atoms in total. The van der Waals surface area contributed by atoms with E-state index in [1.54, 1.807) is 0 Å². The highest BCUT2D eigenvalue weighted by molar-refractivity contribution is 7.19. The molecule has 0 amide bonds. The maximum Gasteiger partial charge on any atom is 0.179 e. The monoisotopic (exact) mass is 655 g/mol. The molecular weight excluding hydrogens is 619 g/mol. The first-order chi connectivity index (χ1) is 24.8. The predicted octanol–water partition coefficient (Wildman–Crippen LogP) is 9.87. The average molecular weight is 656 g/mol. The minimum atomic E-state index is -2.74. The van der Waals surface area contributed by atoms with Gasteiger partial charge in [0.1, 0.15) is 0 Å². The Labute approximate surface area is 296 Å². The molecule has 0 saturated heterocycles. The largest absolute Gasteiger partial charge is 0.310 e. The van der Waals surface area contributed by atoms with Crippen LogP contribution in [0.2, 0.25) is 0 Å². The Hall–Kier alpha value is -6.22. The molecule has 0 radical (unpaired) electrons. The van der Waals surface area contributed by atoms with E-state index in [1.807, 2.05) is 0 Å². The molecule has 8 aromatic carbocycles. The lowest BCUT2D eigenvalue weighted by molar-refractivity contribution is 1.29. The standard InChI is InChI=1S/C48H37NSi/c1-6-19-38(20-7-1)39-33-35-41(36-34-39)49(48-32-17-16-31-47(48)40-21-8-2-9-22-40)42-23-18-30-46(37-42)50(43-24-10-3-11-25-43,44-26-12-4-13-27-44)45-28-14-5-15-29-45/h1-37H. The van der Waals surface area contributed by atoms with Gasteiger partial charge in [-0.3, -0.25) is 0 Å². The van der Waals surface area contributed by atoms with Gasteiger partial charge in [-0.25, -0.2) is 0 Å². The summed E-state index contributed by atoms with van der Waals surface area (Å²) in [5.41, 5.74) is 8.14. The van der Waals surface area contributed by atoms with E-state index in [0.717, 1.165) is 17.1 Å². The minimum absolute atomic E-state index is 1.11.